The normalized spacial score (nSPS) is 10.4. The fraction of sp³-hybridized carbons (Fsp3) is 0.231. The van der Waals surface area contributed by atoms with Crippen LogP contribution in [0.3, 0.4) is 0 Å². The number of benzene rings is 1. The summed E-state index contributed by atoms with van der Waals surface area (Å²) >= 11 is 1.61. The number of anilines is 2. The van der Waals surface area contributed by atoms with Crippen LogP contribution in [0.4, 0.5) is 11.5 Å². The van der Waals surface area contributed by atoms with Gasteiger partial charge in [-0.25, -0.2) is 0 Å². The minimum absolute atomic E-state index is 0.0729. The van der Waals surface area contributed by atoms with Crippen molar-refractivity contribution in [2.45, 2.75) is 18.2 Å². The number of rotatable bonds is 5. The molecule has 19 heavy (non-hydrogen) atoms. The van der Waals surface area contributed by atoms with Gasteiger partial charge in [-0.2, -0.15) is 0 Å². The van der Waals surface area contributed by atoms with Gasteiger partial charge in [-0.15, -0.1) is 11.8 Å². The van der Waals surface area contributed by atoms with E-state index in [1.165, 1.54) is 0 Å². The fourth-order valence-electron chi connectivity index (χ4n) is 1.46. The number of nitrogens with zero attached hydrogens (tertiary/aromatic N) is 1. The molecule has 2 aromatic rings. The van der Waals surface area contributed by atoms with Gasteiger partial charge in [0, 0.05) is 28.8 Å². The van der Waals surface area contributed by atoms with Crippen molar-refractivity contribution in [3.63, 3.8) is 0 Å². The quantitative estimate of drug-likeness (QED) is 0.648. The summed E-state index contributed by atoms with van der Waals surface area (Å²) in [5.41, 5.74) is 6.34. The maximum Gasteiger partial charge on any atom is 0.226 e. The van der Waals surface area contributed by atoms with Crippen LogP contribution in [0.5, 0.6) is 0 Å². The van der Waals surface area contributed by atoms with Crippen LogP contribution < -0.4 is 11.1 Å². The van der Waals surface area contributed by atoms with E-state index in [0.717, 1.165) is 10.6 Å². The summed E-state index contributed by atoms with van der Waals surface area (Å²) in [4.78, 5) is 12.7. The number of thioether (sulfide) groups is 1. The molecule has 100 valence electrons. The van der Waals surface area contributed by atoms with Crippen LogP contribution in [0.15, 0.2) is 39.8 Å². The van der Waals surface area contributed by atoms with Crippen molar-refractivity contribution >= 4 is 29.2 Å². The van der Waals surface area contributed by atoms with Crippen molar-refractivity contribution in [2.24, 2.45) is 0 Å². The number of nitrogens with two attached hydrogens (primary N) is 1. The van der Waals surface area contributed by atoms with E-state index in [-0.39, 0.29) is 5.91 Å². The molecule has 0 saturated heterocycles. The lowest BCUT2D eigenvalue weighted by atomic mass is 10.3. The number of hydrogen-bond acceptors (Lipinski definition) is 5. The Balaban J connectivity index is 1.73. The van der Waals surface area contributed by atoms with Gasteiger partial charge in [0.05, 0.1) is 0 Å². The van der Waals surface area contributed by atoms with Gasteiger partial charge in [-0.3, -0.25) is 4.79 Å². The number of aromatic nitrogens is 1. The molecule has 2 rings (SSSR count). The average Bonchev–Trinajstić information content (AvgIpc) is 2.77. The standard InChI is InChI=1S/C13H15N3O2S/c1-9-8-12(16-18-9)15-13(17)6-7-19-11-4-2-10(14)3-5-11/h2-5,8H,6-7,14H2,1H3,(H,15,16,17). The second-order valence-corrected chi connectivity index (χ2v) is 5.21. The van der Waals surface area contributed by atoms with Crippen molar-refractivity contribution < 1.29 is 9.32 Å². The first-order valence-corrected chi connectivity index (χ1v) is 6.83. The summed E-state index contributed by atoms with van der Waals surface area (Å²) in [6.07, 6.45) is 0.418. The van der Waals surface area contributed by atoms with Crippen molar-refractivity contribution in [3.05, 3.63) is 36.1 Å². The number of aryl methyl sites for hydroxylation is 1. The summed E-state index contributed by atoms with van der Waals surface area (Å²) in [6, 6.07) is 9.27. The van der Waals surface area contributed by atoms with E-state index >= 15 is 0 Å². The molecule has 5 nitrogen and oxygen atoms in total. The fourth-order valence-corrected chi connectivity index (χ4v) is 2.31. The smallest absolute Gasteiger partial charge is 0.226 e. The third-order valence-electron chi connectivity index (χ3n) is 2.37. The molecule has 6 heteroatoms. The summed E-state index contributed by atoms with van der Waals surface area (Å²) < 4.78 is 4.87. The number of nitrogen functional groups attached to an aromatic ring is 1. The van der Waals surface area contributed by atoms with Crippen molar-refractivity contribution in [1.29, 1.82) is 0 Å². The van der Waals surface area contributed by atoms with Crippen LogP contribution in [0.2, 0.25) is 0 Å². The second kappa shape index (κ2) is 6.29. The Labute approximate surface area is 115 Å². The van der Waals surface area contributed by atoms with Gasteiger partial charge < -0.3 is 15.6 Å². The predicted molar refractivity (Wildman–Crippen MR) is 76.1 cm³/mol. The van der Waals surface area contributed by atoms with E-state index in [1.54, 1.807) is 24.8 Å². The van der Waals surface area contributed by atoms with Crippen molar-refractivity contribution in [1.82, 2.24) is 5.16 Å². The largest absolute Gasteiger partial charge is 0.399 e. The van der Waals surface area contributed by atoms with Crippen LogP contribution in [-0.4, -0.2) is 16.8 Å². The molecule has 0 aliphatic carbocycles. The van der Waals surface area contributed by atoms with E-state index in [4.69, 9.17) is 10.3 Å². The lowest BCUT2D eigenvalue weighted by molar-refractivity contribution is -0.115. The zero-order valence-electron chi connectivity index (χ0n) is 10.6. The van der Waals surface area contributed by atoms with Crippen LogP contribution >= 0.6 is 11.8 Å². The van der Waals surface area contributed by atoms with E-state index in [9.17, 15) is 4.79 Å². The highest BCUT2D eigenvalue weighted by atomic mass is 32.2. The molecule has 3 N–H and O–H groups in total. The Kier molecular flexibility index (Phi) is 4.46. The Morgan fingerprint density at radius 2 is 2.16 bits per heavy atom. The number of carbonyl (C=O) groups is 1. The Morgan fingerprint density at radius 3 is 2.79 bits per heavy atom. The third kappa shape index (κ3) is 4.33. The van der Waals surface area contributed by atoms with E-state index in [1.807, 2.05) is 24.3 Å². The zero-order valence-corrected chi connectivity index (χ0v) is 11.4. The minimum atomic E-state index is -0.0729. The van der Waals surface area contributed by atoms with Gasteiger partial charge in [-0.1, -0.05) is 5.16 Å². The molecule has 1 aromatic heterocycles. The summed E-state index contributed by atoms with van der Waals surface area (Å²) in [6.45, 7) is 1.78. The molecule has 0 radical (unpaired) electrons. The van der Waals surface area contributed by atoms with Crippen LogP contribution in [-0.2, 0) is 4.79 Å². The topological polar surface area (TPSA) is 81.2 Å². The van der Waals surface area contributed by atoms with Gasteiger partial charge in [0.25, 0.3) is 0 Å². The minimum Gasteiger partial charge on any atom is -0.399 e. The molecule has 0 aliphatic rings. The predicted octanol–water partition coefficient (Wildman–Crippen LogP) is 2.69. The Morgan fingerprint density at radius 1 is 1.42 bits per heavy atom. The number of nitrogens with one attached hydrogen (secondary N) is 1. The lowest BCUT2D eigenvalue weighted by Crippen LogP contribution is -2.12. The molecule has 0 atom stereocenters. The number of carbonyl (C=O) groups excluding carboxylic acids is 1. The van der Waals surface area contributed by atoms with Crippen LogP contribution in [0.1, 0.15) is 12.2 Å². The first-order chi connectivity index (χ1) is 9.13. The van der Waals surface area contributed by atoms with Crippen LogP contribution in [0, 0.1) is 6.92 Å². The van der Waals surface area contributed by atoms with Gasteiger partial charge in [0.1, 0.15) is 5.76 Å². The molecule has 0 spiro atoms. The van der Waals surface area contributed by atoms with Gasteiger partial charge in [0.15, 0.2) is 5.82 Å². The SMILES string of the molecule is Cc1cc(NC(=O)CCSc2ccc(N)cc2)no1. The van der Waals surface area contributed by atoms with Crippen molar-refractivity contribution in [3.8, 4) is 0 Å². The highest BCUT2D eigenvalue weighted by Gasteiger charge is 2.06. The van der Waals surface area contributed by atoms with E-state index in [0.29, 0.717) is 23.8 Å². The van der Waals surface area contributed by atoms with Crippen LogP contribution in [0.25, 0.3) is 0 Å². The average molecular weight is 277 g/mol. The molecule has 0 saturated carbocycles. The van der Waals surface area contributed by atoms with Gasteiger partial charge >= 0.3 is 0 Å². The number of amides is 1. The third-order valence-corrected chi connectivity index (χ3v) is 3.39. The first kappa shape index (κ1) is 13.5. The summed E-state index contributed by atoms with van der Waals surface area (Å²) in [5, 5.41) is 6.39. The molecule has 0 bridgehead atoms. The zero-order chi connectivity index (χ0) is 13.7. The maximum atomic E-state index is 11.6. The highest BCUT2D eigenvalue weighted by Crippen LogP contribution is 2.20. The highest BCUT2D eigenvalue weighted by molar-refractivity contribution is 7.99. The molecular formula is C13H15N3O2S. The van der Waals surface area contributed by atoms with E-state index < -0.39 is 0 Å². The van der Waals surface area contributed by atoms with Crippen molar-refractivity contribution in [2.75, 3.05) is 16.8 Å². The molecule has 1 amide bonds. The number of hydrogen-bond donors (Lipinski definition) is 2. The van der Waals surface area contributed by atoms with Gasteiger partial charge in [0.2, 0.25) is 5.91 Å². The van der Waals surface area contributed by atoms with Gasteiger partial charge in [-0.05, 0) is 31.2 Å². The molecular weight excluding hydrogens is 262 g/mol. The molecule has 0 aliphatic heterocycles. The Hall–Kier alpha value is -1.95. The lowest BCUT2D eigenvalue weighted by Gasteiger charge is -2.02. The monoisotopic (exact) mass is 277 g/mol. The molecule has 0 unspecified atom stereocenters. The second-order valence-electron chi connectivity index (χ2n) is 4.04. The molecule has 1 heterocycles. The summed E-state index contributed by atoms with van der Waals surface area (Å²) in [5.74, 6) is 1.76. The summed E-state index contributed by atoms with van der Waals surface area (Å²) in [7, 11) is 0. The molecule has 1 aromatic carbocycles. The first-order valence-electron chi connectivity index (χ1n) is 5.85. The Bertz CT molecular complexity index is 551. The van der Waals surface area contributed by atoms with E-state index in [2.05, 4.69) is 10.5 Å². The molecule has 0 fully saturated rings. The maximum absolute atomic E-state index is 11.6.